The van der Waals surface area contributed by atoms with Crippen LogP contribution < -0.4 is 21.3 Å². The monoisotopic (exact) mass is 722 g/mol. The average Bonchev–Trinajstić information content (AvgIpc) is 3.11. The zero-order valence-corrected chi connectivity index (χ0v) is 31.1. The van der Waals surface area contributed by atoms with Crippen LogP contribution in [0.5, 0.6) is 0 Å². The van der Waals surface area contributed by atoms with Crippen LogP contribution in [0, 0.1) is 0 Å². The molecule has 0 radical (unpaired) electrons. The molecule has 0 unspecified atom stereocenters. The fraction of sp³-hybridized carbons (Fsp3) is 0.357. The van der Waals surface area contributed by atoms with Crippen LogP contribution in [0.3, 0.4) is 0 Å². The second-order valence-electron chi connectivity index (χ2n) is 13.9. The van der Waals surface area contributed by atoms with Crippen LogP contribution in [0.2, 0.25) is 0 Å². The summed E-state index contributed by atoms with van der Waals surface area (Å²) in [6.45, 7) is 10.6. The molecule has 0 saturated carbocycles. The highest BCUT2D eigenvalue weighted by Crippen LogP contribution is 2.36. The Morgan fingerprint density at radius 2 is 1.36 bits per heavy atom. The number of alkyl carbamates (subject to hydrolysis) is 1. The fourth-order valence-electron chi connectivity index (χ4n) is 6.14. The highest BCUT2D eigenvalue weighted by molar-refractivity contribution is 6.12. The number of carbonyl (C=O) groups is 5. The number of rotatable bonds is 16. The molecule has 0 heterocycles. The predicted octanol–water partition coefficient (Wildman–Crippen LogP) is 6.12. The first-order valence-electron chi connectivity index (χ1n) is 17.8. The van der Waals surface area contributed by atoms with Gasteiger partial charge in [0.15, 0.2) is 0 Å². The first kappa shape index (κ1) is 40.1. The number of hydrogen-bond acceptors (Lipinski definition) is 7. The summed E-state index contributed by atoms with van der Waals surface area (Å²) in [7, 11) is 1.22. The lowest BCUT2D eigenvalue weighted by Crippen LogP contribution is -2.56. The molecule has 11 heteroatoms. The number of benzene rings is 4. The molecule has 0 aliphatic carbocycles. The maximum Gasteiger partial charge on any atom is 0.407 e. The maximum absolute atomic E-state index is 13.8. The third-order valence-corrected chi connectivity index (χ3v) is 8.57. The van der Waals surface area contributed by atoms with E-state index >= 15 is 0 Å². The number of carbonyl (C=O) groups excluding carboxylic acids is 5. The Hall–Kier alpha value is -5.71. The van der Waals surface area contributed by atoms with Gasteiger partial charge in [-0.05, 0) is 90.8 Å². The van der Waals surface area contributed by atoms with Gasteiger partial charge in [0.1, 0.15) is 23.7 Å². The second kappa shape index (κ2) is 18.7. The third-order valence-electron chi connectivity index (χ3n) is 8.57. The van der Waals surface area contributed by atoms with Crippen LogP contribution >= 0.6 is 0 Å². The smallest absolute Gasteiger partial charge is 0.407 e. The van der Waals surface area contributed by atoms with Gasteiger partial charge in [-0.3, -0.25) is 14.4 Å². The number of esters is 1. The van der Waals surface area contributed by atoms with Crippen molar-refractivity contribution in [2.24, 2.45) is 0 Å². The van der Waals surface area contributed by atoms with E-state index in [9.17, 15) is 24.0 Å². The molecule has 4 N–H and O–H groups in total. The minimum atomic E-state index is -1.06. The van der Waals surface area contributed by atoms with Gasteiger partial charge in [-0.1, -0.05) is 78.9 Å². The van der Waals surface area contributed by atoms with Crippen molar-refractivity contribution in [1.82, 2.24) is 21.3 Å². The van der Waals surface area contributed by atoms with Crippen LogP contribution in [0.1, 0.15) is 58.9 Å². The van der Waals surface area contributed by atoms with Gasteiger partial charge in [0.2, 0.25) is 17.7 Å². The Balaban J connectivity index is 1.52. The van der Waals surface area contributed by atoms with Gasteiger partial charge in [0.25, 0.3) is 0 Å². The highest BCUT2D eigenvalue weighted by Gasteiger charge is 2.29. The van der Waals surface area contributed by atoms with E-state index < -0.39 is 53.5 Å². The van der Waals surface area contributed by atoms with E-state index in [1.165, 1.54) is 20.1 Å². The number of ether oxygens (including phenoxy) is 2. The van der Waals surface area contributed by atoms with Crippen LogP contribution in [0.15, 0.2) is 91.5 Å². The lowest BCUT2D eigenvalue weighted by Gasteiger charge is -2.25. The molecular weight excluding hydrogens is 672 g/mol. The number of fused-ring (bicyclic) bond motifs is 2. The van der Waals surface area contributed by atoms with Gasteiger partial charge in [-0.25, -0.2) is 9.59 Å². The summed E-state index contributed by atoms with van der Waals surface area (Å²) < 4.78 is 10.1. The molecule has 0 aliphatic rings. The predicted molar refractivity (Wildman–Crippen MR) is 207 cm³/mol. The average molecular weight is 723 g/mol. The number of unbranched alkanes of at least 4 members (excludes halogenated alkanes) is 1. The fourth-order valence-corrected chi connectivity index (χ4v) is 6.14. The molecule has 53 heavy (non-hydrogen) atoms. The third kappa shape index (κ3) is 11.6. The summed E-state index contributed by atoms with van der Waals surface area (Å²) in [6.07, 6.45) is 2.33. The first-order valence-corrected chi connectivity index (χ1v) is 17.8. The number of amides is 4. The van der Waals surface area contributed by atoms with Crippen molar-refractivity contribution >= 4 is 51.3 Å². The molecule has 4 aromatic rings. The first-order chi connectivity index (χ1) is 25.3. The Morgan fingerprint density at radius 3 is 1.92 bits per heavy atom. The van der Waals surface area contributed by atoms with Gasteiger partial charge < -0.3 is 30.7 Å². The van der Waals surface area contributed by atoms with Crippen LogP contribution in [0.4, 0.5) is 4.79 Å². The molecule has 0 spiro atoms. The van der Waals surface area contributed by atoms with Crippen molar-refractivity contribution in [3.63, 3.8) is 0 Å². The molecule has 0 aromatic heterocycles. The topological polar surface area (TPSA) is 152 Å². The number of hydrogen-bond donors (Lipinski definition) is 4. The zero-order valence-electron chi connectivity index (χ0n) is 31.1. The molecule has 4 aromatic carbocycles. The summed E-state index contributed by atoms with van der Waals surface area (Å²) in [6, 6.07) is 23.5. The molecule has 3 atom stereocenters. The molecule has 0 fully saturated rings. The summed E-state index contributed by atoms with van der Waals surface area (Å²) in [5.74, 6) is -2.21. The van der Waals surface area contributed by atoms with Crippen LogP contribution in [-0.2, 0) is 35.1 Å². The summed E-state index contributed by atoms with van der Waals surface area (Å²) >= 11 is 0. The minimum Gasteiger partial charge on any atom is -0.467 e. The van der Waals surface area contributed by atoms with Crippen LogP contribution in [0.25, 0.3) is 32.7 Å². The van der Waals surface area contributed by atoms with E-state index in [0.717, 1.165) is 38.2 Å². The largest absolute Gasteiger partial charge is 0.467 e. The van der Waals surface area contributed by atoms with Crippen molar-refractivity contribution in [3.8, 4) is 11.1 Å². The van der Waals surface area contributed by atoms with Gasteiger partial charge in [0, 0.05) is 19.9 Å². The SMILES string of the molecule is C=CC[C@H](NC(=O)[C@H](CCCCNC(=O)OC(C)(C)C)NC(=O)[C@H](Cc1ccc(-c2c3ccccc3cc3ccccc23)cc1)NC(C)=O)C(=O)OC. The molecular formula is C42H50N4O7. The van der Waals surface area contributed by atoms with E-state index in [0.29, 0.717) is 12.8 Å². The summed E-state index contributed by atoms with van der Waals surface area (Å²) in [5.41, 5.74) is 2.29. The van der Waals surface area contributed by atoms with E-state index in [-0.39, 0.29) is 25.8 Å². The van der Waals surface area contributed by atoms with Crippen LogP contribution in [-0.4, -0.2) is 67.2 Å². The second-order valence-corrected chi connectivity index (χ2v) is 13.9. The summed E-state index contributed by atoms with van der Waals surface area (Å²) in [4.78, 5) is 64.0. The molecule has 4 amide bonds. The quantitative estimate of drug-likeness (QED) is 0.0471. The Bertz CT molecular complexity index is 1880. The van der Waals surface area contributed by atoms with Gasteiger partial charge >= 0.3 is 12.1 Å². The minimum absolute atomic E-state index is 0.123. The maximum atomic E-state index is 13.8. The molecule has 4 rings (SSSR count). The van der Waals surface area contributed by atoms with Gasteiger partial charge in [-0.2, -0.15) is 0 Å². The molecule has 0 saturated heterocycles. The lowest BCUT2D eigenvalue weighted by molar-refractivity contribution is -0.145. The van der Waals surface area contributed by atoms with Crippen molar-refractivity contribution < 1.29 is 33.4 Å². The molecule has 0 aliphatic heterocycles. The normalized spacial score (nSPS) is 12.9. The van der Waals surface area contributed by atoms with Crippen molar-refractivity contribution in [2.75, 3.05) is 13.7 Å². The highest BCUT2D eigenvalue weighted by atomic mass is 16.6. The van der Waals surface area contributed by atoms with Crippen molar-refractivity contribution in [3.05, 3.63) is 97.1 Å². The van der Waals surface area contributed by atoms with Crippen molar-refractivity contribution in [2.45, 2.75) is 83.5 Å². The molecule has 0 bridgehead atoms. The van der Waals surface area contributed by atoms with Gasteiger partial charge in [0.05, 0.1) is 7.11 Å². The Kier molecular flexibility index (Phi) is 14.1. The Labute approximate surface area is 310 Å². The number of nitrogens with one attached hydrogen (secondary N) is 4. The number of methoxy groups -OCH3 is 1. The molecule has 280 valence electrons. The van der Waals surface area contributed by atoms with E-state index in [2.05, 4.69) is 58.2 Å². The Morgan fingerprint density at radius 1 is 0.774 bits per heavy atom. The van der Waals surface area contributed by atoms with E-state index in [1.807, 2.05) is 48.5 Å². The molecule has 11 nitrogen and oxygen atoms in total. The lowest BCUT2D eigenvalue weighted by atomic mass is 9.91. The van der Waals surface area contributed by atoms with Gasteiger partial charge in [-0.15, -0.1) is 6.58 Å². The van der Waals surface area contributed by atoms with E-state index in [1.54, 1.807) is 20.8 Å². The van der Waals surface area contributed by atoms with Crippen molar-refractivity contribution in [1.29, 1.82) is 0 Å². The zero-order chi connectivity index (χ0) is 38.5. The standard InChI is InChI=1S/C42H50N4O7/c1-7-14-35(40(50)52-6)46-38(48)34(19-12-13-24-43-41(51)53-42(3,4)5)45-39(49)36(44-27(2)47)25-28-20-22-29(23-21-28)37-32-17-10-8-15-30(32)26-31-16-9-11-18-33(31)37/h7-11,15-18,20-23,26,34-36H,1,12-14,19,24-25H2,2-6H3,(H,43,51)(H,44,47)(H,45,49)(H,46,48)/t34-,35-,36-/m0/s1. The van der Waals surface area contributed by atoms with E-state index in [4.69, 9.17) is 9.47 Å². The summed E-state index contributed by atoms with van der Waals surface area (Å²) in [5, 5.41) is 15.4.